The van der Waals surface area contributed by atoms with Crippen molar-refractivity contribution in [2.24, 2.45) is 0 Å². The summed E-state index contributed by atoms with van der Waals surface area (Å²) in [6.45, 7) is -0.154. The molecule has 0 aliphatic heterocycles. The van der Waals surface area contributed by atoms with Crippen molar-refractivity contribution < 1.29 is 19.1 Å². The van der Waals surface area contributed by atoms with Crippen LogP contribution in [0.25, 0.3) is 10.1 Å². The third-order valence-corrected chi connectivity index (χ3v) is 4.79. The number of benzene rings is 2. The Morgan fingerprint density at radius 3 is 2.72 bits per heavy atom. The molecule has 0 spiro atoms. The number of halogens is 1. The number of rotatable bonds is 5. The van der Waals surface area contributed by atoms with Gasteiger partial charge in [0.15, 0.2) is 6.61 Å². The van der Waals surface area contributed by atoms with Gasteiger partial charge in [-0.15, -0.1) is 11.3 Å². The van der Waals surface area contributed by atoms with Crippen molar-refractivity contribution in [2.45, 2.75) is 0 Å². The monoisotopic (exact) mass is 375 g/mol. The van der Waals surface area contributed by atoms with Gasteiger partial charge in [0.05, 0.1) is 12.1 Å². The number of fused-ring (bicyclic) bond motifs is 1. The number of amides is 1. The lowest BCUT2D eigenvalue weighted by Crippen LogP contribution is -2.20. The van der Waals surface area contributed by atoms with Crippen LogP contribution >= 0.6 is 22.9 Å². The average molecular weight is 376 g/mol. The predicted octanol–water partition coefficient (Wildman–Crippen LogP) is 4.36. The Bertz CT molecular complexity index is 938. The number of carbonyl (C=O) groups is 2. The molecule has 0 saturated heterocycles. The molecule has 0 bridgehead atoms. The van der Waals surface area contributed by atoms with Crippen LogP contribution in [0.3, 0.4) is 0 Å². The number of hydrogen-bond donors (Lipinski definition) is 1. The van der Waals surface area contributed by atoms with Crippen molar-refractivity contribution >= 4 is 50.6 Å². The summed E-state index contributed by atoms with van der Waals surface area (Å²) in [5.41, 5.74) is 0.620. The highest BCUT2D eigenvalue weighted by Crippen LogP contribution is 2.28. The zero-order chi connectivity index (χ0) is 17.8. The number of para-hydroxylation sites is 1. The highest BCUT2D eigenvalue weighted by atomic mass is 35.5. The molecule has 0 saturated carbocycles. The number of carbonyl (C=O) groups excluding carboxylic acids is 2. The van der Waals surface area contributed by atoms with Gasteiger partial charge in [0.2, 0.25) is 0 Å². The van der Waals surface area contributed by atoms with Crippen LogP contribution in [0, 0.1) is 0 Å². The largest absolute Gasteiger partial charge is 0.482 e. The van der Waals surface area contributed by atoms with E-state index in [1.54, 1.807) is 42.5 Å². The molecule has 128 valence electrons. The minimum atomic E-state index is -0.375. The fourth-order valence-corrected chi connectivity index (χ4v) is 3.38. The average Bonchev–Trinajstić information content (AvgIpc) is 3.03. The van der Waals surface area contributed by atoms with Gasteiger partial charge in [-0.1, -0.05) is 23.7 Å². The first-order chi connectivity index (χ1) is 12.1. The van der Waals surface area contributed by atoms with E-state index in [0.29, 0.717) is 21.3 Å². The summed E-state index contributed by atoms with van der Waals surface area (Å²) in [5, 5.41) is 4.06. The molecule has 2 aromatic carbocycles. The van der Waals surface area contributed by atoms with Gasteiger partial charge in [-0.05, 0) is 41.8 Å². The second kappa shape index (κ2) is 7.55. The predicted molar refractivity (Wildman–Crippen MR) is 98.7 cm³/mol. The summed E-state index contributed by atoms with van der Waals surface area (Å²) < 4.78 is 11.1. The molecule has 3 aromatic rings. The first-order valence-electron chi connectivity index (χ1n) is 7.36. The van der Waals surface area contributed by atoms with Crippen molar-refractivity contribution in [3.63, 3.8) is 0 Å². The Hall–Kier alpha value is -2.57. The van der Waals surface area contributed by atoms with Crippen LogP contribution in [0.5, 0.6) is 5.75 Å². The molecule has 25 heavy (non-hydrogen) atoms. The molecule has 7 heteroatoms. The summed E-state index contributed by atoms with van der Waals surface area (Å²) in [6.07, 6.45) is 0. The van der Waals surface area contributed by atoms with Crippen LogP contribution in [0.15, 0.2) is 48.5 Å². The molecule has 1 heterocycles. The Morgan fingerprint density at radius 1 is 1.16 bits per heavy atom. The van der Waals surface area contributed by atoms with Gasteiger partial charge in [-0.3, -0.25) is 4.79 Å². The lowest BCUT2D eigenvalue weighted by Gasteiger charge is -2.08. The smallest absolute Gasteiger partial charge is 0.348 e. The number of nitrogens with one attached hydrogen (secondary N) is 1. The quantitative estimate of drug-likeness (QED) is 0.673. The van der Waals surface area contributed by atoms with E-state index in [0.717, 1.165) is 10.1 Å². The Kier molecular flexibility index (Phi) is 5.21. The first kappa shape index (κ1) is 17.3. The molecule has 0 unspecified atom stereocenters. The van der Waals surface area contributed by atoms with Gasteiger partial charge in [0.25, 0.3) is 5.91 Å². The van der Waals surface area contributed by atoms with E-state index in [9.17, 15) is 9.59 Å². The van der Waals surface area contributed by atoms with Gasteiger partial charge in [-0.2, -0.15) is 0 Å². The molecular weight excluding hydrogens is 362 g/mol. The van der Waals surface area contributed by atoms with Crippen LogP contribution in [0.1, 0.15) is 9.67 Å². The third kappa shape index (κ3) is 4.10. The zero-order valence-corrected chi connectivity index (χ0v) is 14.8. The van der Waals surface area contributed by atoms with Crippen molar-refractivity contribution in [3.05, 3.63) is 58.4 Å². The van der Waals surface area contributed by atoms with E-state index >= 15 is 0 Å². The Labute approximate surface area is 153 Å². The van der Waals surface area contributed by atoms with Crippen molar-refractivity contribution in [1.82, 2.24) is 0 Å². The molecule has 0 radical (unpaired) electrons. The first-order valence-corrected chi connectivity index (χ1v) is 8.55. The summed E-state index contributed by atoms with van der Waals surface area (Å²) in [7, 11) is 1.34. The van der Waals surface area contributed by atoms with Crippen molar-refractivity contribution in [3.8, 4) is 5.75 Å². The standard InChI is InChI=1S/C18H14ClNO4S/c1-23-18(22)16-9-11-8-12(6-7-15(11)25-16)20-17(21)10-24-14-5-3-2-4-13(14)19/h2-9H,10H2,1H3,(H,20,21). The van der Waals surface area contributed by atoms with E-state index in [2.05, 4.69) is 5.32 Å². The van der Waals surface area contributed by atoms with Crippen molar-refractivity contribution in [2.75, 3.05) is 19.0 Å². The van der Waals surface area contributed by atoms with Crippen LogP contribution < -0.4 is 10.1 Å². The van der Waals surface area contributed by atoms with Crippen molar-refractivity contribution in [1.29, 1.82) is 0 Å². The number of methoxy groups -OCH3 is 1. The minimum absolute atomic E-state index is 0.154. The van der Waals surface area contributed by atoms with E-state index in [1.165, 1.54) is 18.4 Å². The number of hydrogen-bond acceptors (Lipinski definition) is 5. The lowest BCUT2D eigenvalue weighted by atomic mass is 10.2. The second-order valence-electron chi connectivity index (χ2n) is 5.12. The maximum Gasteiger partial charge on any atom is 0.348 e. The Morgan fingerprint density at radius 2 is 1.96 bits per heavy atom. The van der Waals surface area contributed by atoms with E-state index in [4.69, 9.17) is 21.1 Å². The summed E-state index contributed by atoms with van der Waals surface area (Å²) in [6, 6.07) is 14.1. The number of ether oxygens (including phenoxy) is 2. The van der Waals surface area contributed by atoms with Crippen LogP contribution in [-0.2, 0) is 9.53 Å². The topological polar surface area (TPSA) is 64.6 Å². The maximum atomic E-state index is 12.0. The molecular formula is C18H14ClNO4S. The Balaban J connectivity index is 1.66. The highest BCUT2D eigenvalue weighted by Gasteiger charge is 2.11. The summed E-state index contributed by atoms with van der Waals surface area (Å²) in [4.78, 5) is 24.1. The maximum absolute atomic E-state index is 12.0. The van der Waals surface area contributed by atoms with E-state index in [1.807, 2.05) is 6.07 Å². The molecule has 1 amide bonds. The molecule has 5 nitrogen and oxygen atoms in total. The summed E-state index contributed by atoms with van der Waals surface area (Å²) >= 11 is 7.32. The fourth-order valence-electron chi connectivity index (χ4n) is 2.22. The summed E-state index contributed by atoms with van der Waals surface area (Å²) in [5.74, 6) is -0.224. The number of anilines is 1. The zero-order valence-electron chi connectivity index (χ0n) is 13.2. The van der Waals surface area contributed by atoms with Crippen LogP contribution in [0.2, 0.25) is 5.02 Å². The van der Waals surface area contributed by atoms with Gasteiger partial charge >= 0.3 is 5.97 Å². The fraction of sp³-hybridized carbons (Fsp3) is 0.111. The van der Waals surface area contributed by atoms with Gasteiger partial charge in [-0.25, -0.2) is 4.79 Å². The molecule has 0 atom stereocenters. The van der Waals surface area contributed by atoms with E-state index in [-0.39, 0.29) is 18.5 Å². The van der Waals surface area contributed by atoms with Gasteiger partial charge < -0.3 is 14.8 Å². The number of esters is 1. The second-order valence-corrected chi connectivity index (χ2v) is 6.61. The van der Waals surface area contributed by atoms with Gasteiger partial charge in [0.1, 0.15) is 10.6 Å². The molecule has 0 aliphatic carbocycles. The third-order valence-electron chi connectivity index (χ3n) is 3.38. The minimum Gasteiger partial charge on any atom is -0.482 e. The normalized spacial score (nSPS) is 10.5. The molecule has 1 aromatic heterocycles. The number of thiophene rings is 1. The van der Waals surface area contributed by atoms with E-state index < -0.39 is 0 Å². The molecule has 3 rings (SSSR count). The molecule has 1 N–H and O–H groups in total. The van der Waals surface area contributed by atoms with Crippen LogP contribution in [0.4, 0.5) is 5.69 Å². The molecule has 0 fully saturated rings. The SMILES string of the molecule is COC(=O)c1cc2cc(NC(=O)COc3ccccc3Cl)ccc2s1. The van der Waals surface area contributed by atoms with Crippen LogP contribution in [-0.4, -0.2) is 25.6 Å². The molecule has 0 aliphatic rings. The van der Waals surface area contributed by atoms with Gasteiger partial charge in [0, 0.05) is 10.4 Å². The highest BCUT2D eigenvalue weighted by molar-refractivity contribution is 7.20. The lowest BCUT2D eigenvalue weighted by molar-refractivity contribution is -0.118.